The first-order chi connectivity index (χ1) is 10.4. The number of imide groups is 2. The van der Waals surface area contributed by atoms with Crippen LogP contribution in [0.15, 0.2) is 24.3 Å². The Balaban J connectivity index is 3.02. The molecule has 0 aliphatic heterocycles. The van der Waals surface area contributed by atoms with Gasteiger partial charge in [-0.15, -0.1) is 0 Å². The van der Waals surface area contributed by atoms with Gasteiger partial charge in [0.2, 0.25) is 12.3 Å². The van der Waals surface area contributed by atoms with Crippen LogP contribution in [0.4, 0.5) is 11.4 Å². The molecular formula is C14H18N4O4. The first kappa shape index (κ1) is 17.3. The lowest BCUT2D eigenvalue weighted by Gasteiger charge is -2.21. The first-order valence-electron chi connectivity index (χ1n) is 6.59. The molecule has 0 heterocycles. The van der Waals surface area contributed by atoms with Gasteiger partial charge in [0.1, 0.15) is 0 Å². The molecule has 0 saturated carbocycles. The van der Waals surface area contributed by atoms with E-state index in [2.05, 4.69) is 0 Å². The van der Waals surface area contributed by atoms with Crippen molar-refractivity contribution < 1.29 is 19.2 Å². The van der Waals surface area contributed by atoms with Gasteiger partial charge < -0.3 is 11.5 Å². The van der Waals surface area contributed by atoms with E-state index in [4.69, 9.17) is 11.5 Å². The van der Waals surface area contributed by atoms with E-state index in [-0.39, 0.29) is 25.2 Å². The predicted molar refractivity (Wildman–Crippen MR) is 80.5 cm³/mol. The standard InChI is InChI=1S/C14H18N4O4/c1-10(20)18(12-5-3-11(16)4-6-12)14(22)13(21)17(9-19)8-2-7-15/h3-6,9H,2,7-8,15-16H2,1H3. The number of amides is 4. The molecule has 0 aliphatic carbocycles. The predicted octanol–water partition coefficient (Wildman–Crippen LogP) is -0.518. The summed E-state index contributed by atoms with van der Waals surface area (Å²) in [5, 5.41) is 0. The molecule has 4 N–H and O–H groups in total. The maximum Gasteiger partial charge on any atom is 0.323 e. The zero-order chi connectivity index (χ0) is 16.7. The maximum absolute atomic E-state index is 12.2. The van der Waals surface area contributed by atoms with E-state index in [0.717, 1.165) is 6.92 Å². The minimum atomic E-state index is -1.11. The Kier molecular flexibility index (Phi) is 6.21. The van der Waals surface area contributed by atoms with Crippen LogP contribution in [-0.2, 0) is 19.2 Å². The van der Waals surface area contributed by atoms with Crippen LogP contribution in [0.2, 0.25) is 0 Å². The number of carbonyl (C=O) groups is 4. The molecule has 0 atom stereocenters. The molecule has 8 heteroatoms. The molecule has 1 aromatic carbocycles. The van der Waals surface area contributed by atoms with Crippen molar-refractivity contribution in [2.45, 2.75) is 13.3 Å². The molecule has 0 aromatic heterocycles. The van der Waals surface area contributed by atoms with Gasteiger partial charge in [0.25, 0.3) is 0 Å². The second-order valence-electron chi connectivity index (χ2n) is 4.50. The van der Waals surface area contributed by atoms with Gasteiger partial charge >= 0.3 is 11.8 Å². The minimum Gasteiger partial charge on any atom is -0.399 e. The highest BCUT2D eigenvalue weighted by Gasteiger charge is 2.30. The van der Waals surface area contributed by atoms with E-state index in [1.165, 1.54) is 24.3 Å². The van der Waals surface area contributed by atoms with Crippen LogP contribution in [0, 0.1) is 0 Å². The smallest absolute Gasteiger partial charge is 0.323 e. The van der Waals surface area contributed by atoms with Gasteiger partial charge in [-0.1, -0.05) is 0 Å². The maximum atomic E-state index is 12.2. The number of anilines is 2. The second kappa shape index (κ2) is 7.89. The fourth-order valence-electron chi connectivity index (χ4n) is 1.75. The highest BCUT2D eigenvalue weighted by Crippen LogP contribution is 2.17. The van der Waals surface area contributed by atoms with E-state index in [1.54, 1.807) is 0 Å². The van der Waals surface area contributed by atoms with E-state index in [9.17, 15) is 19.2 Å². The lowest BCUT2D eigenvalue weighted by Crippen LogP contribution is -2.47. The summed E-state index contributed by atoms with van der Waals surface area (Å²) in [6.07, 6.45) is 0.608. The molecule has 0 bridgehead atoms. The lowest BCUT2D eigenvalue weighted by molar-refractivity contribution is -0.148. The molecule has 118 valence electrons. The van der Waals surface area contributed by atoms with Crippen LogP contribution in [0.1, 0.15) is 13.3 Å². The molecule has 0 fully saturated rings. The Morgan fingerprint density at radius 2 is 1.73 bits per heavy atom. The third-order valence-electron chi connectivity index (χ3n) is 2.84. The van der Waals surface area contributed by atoms with Crippen LogP contribution in [-0.4, -0.2) is 42.1 Å². The fourth-order valence-corrected chi connectivity index (χ4v) is 1.75. The van der Waals surface area contributed by atoms with Gasteiger partial charge in [-0.25, -0.2) is 4.90 Å². The zero-order valence-electron chi connectivity index (χ0n) is 12.2. The summed E-state index contributed by atoms with van der Waals surface area (Å²) in [5.41, 5.74) is 11.5. The number of nitrogens with two attached hydrogens (primary N) is 2. The van der Waals surface area contributed by atoms with E-state index in [0.29, 0.717) is 21.9 Å². The van der Waals surface area contributed by atoms with E-state index < -0.39 is 17.7 Å². The molecule has 0 unspecified atom stereocenters. The highest BCUT2D eigenvalue weighted by molar-refractivity contribution is 6.46. The van der Waals surface area contributed by atoms with Crippen molar-refractivity contribution in [3.8, 4) is 0 Å². The number of benzene rings is 1. The van der Waals surface area contributed by atoms with Gasteiger partial charge in [-0.2, -0.15) is 0 Å². The summed E-state index contributed by atoms with van der Waals surface area (Å²) < 4.78 is 0. The van der Waals surface area contributed by atoms with Crippen LogP contribution in [0.5, 0.6) is 0 Å². The van der Waals surface area contributed by atoms with Gasteiger partial charge in [-0.05, 0) is 37.2 Å². The van der Waals surface area contributed by atoms with Crippen LogP contribution in [0.3, 0.4) is 0 Å². The van der Waals surface area contributed by atoms with Crippen molar-refractivity contribution in [3.63, 3.8) is 0 Å². The van der Waals surface area contributed by atoms with Gasteiger partial charge in [0, 0.05) is 19.2 Å². The van der Waals surface area contributed by atoms with Crippen molar-refractivity contribution in [2.24, 2.45) is 5.73 Å². The molecule has 0 aliphatic rings. The number of hydrogen-bond donors (Lipinski definition) is 2. The number of carbonyl (C=O) groups excluding carboxylic acids is 4. The van der Waals surface area contributed by atoms with Gasteiger partial charge in [-0.3, -0.25) is 24.1 Å². The van der Waals surface area contributed by atoms with Gasteiger partial charge in [0.15, 0.2) is 0 Å². The molecule has 0 saturated heterocycles. The Hall–Kier alpha value is -2.74. The van der Waals surface area contributed by atoms with Crippen LogP contribution in [0.25, 0.3) is 0 Å². The van der Waals surface area contributed by atoms with Gasteiger partial charge in [0.05, 0.1) is 5.69 Å². The minimum absolute atomic E-state index is 0.0120. The molecule has 1 rings (SSSR count). The van der Waals surface area contributed by atoms with Crippen LogP contribution >= 0.6 is 0 Å². The fraction of sp³-hybridized carbons (Fsp3) is 0.286. The normalized spacial score (nSPS) is 9.91. The Morgan fingerprint density at radius 1 is 1.14 bits per heavy atom. The number of nitrogens with zero attached hydrogens (tertiary/aromatic N) is 2. The third-order valence-corrected chi connectivity index (χ3v) is 2.84. The number of nitrogen functional groups attached to an aromatic ring is 1. The molecule has 8 nitrogen and oxygen atoms in total. The third kappa shape index (κ3) is 4.13. The summed E-state index contributed by atoms with van der Waals surface area (Å²) in [4.78, 5) is 48.3. The monoisotopic (exact) mass is 306 g/mol. The molecule has 0 radical (unpaired) electrons. The summed E-state index contributed by atoms with van der Waals surface area (Å²) in [7, 11) is 0. The van der Waals surface area contributed by atoms with Crippen molar-refractivity contribution >= 4 is 35.5 Å². The lowest BCUT2D eigenvalue weighted by atomic mass is 10.2. The largest absolute Gasteiger partial charge is 0.399 e. The SMILES string of the molecule is CC(=O)N(C(=O)C(=O)N(C=O)CCCN)c1ccc(N)cc1. The quantitative estimate of drug-likeness (QED) is 0.428. The Labute approximate surface area is 127 Å². The number of hydrogen-bond acceptors (Lipinski definition) is 6. The molecule has 4 amide bonds. The topological polar surface area (TPSA) is 127 Å². The summed E-state index contributed by atoms with van der Waals surface area (Å²) in [6.45, 7) is 1.42. The van der Waals surface area contributed by atoms with Crippen molar-refractivity contribution in [3.05, 3.63) is 24.3 Å². The van der Waals surface area contributed by atoms with E-state index >= 15 is 0 Å². The zero-order valence-corrected chi connectivity index (χ0v) is 12.2. The van der Waals surface area contributed by atoms with E-state index in [1.807, 2.05) is 0 Å². The first-order valence-corrected chi connectivity index (χ1v) is 6.59. The second-order valence-corrected chi connectivity index (χ2v) is 4.50. The van der Waals surface area contributed by atoms with Crippen molar-refractivity contribution in [2.75, 3.05) is 23.7 Å². The summed E-state index contributed by atoms with van der Waals surface area (Å²) in [5.74, 6) is -2.84. The van der Waals surface area contributed by atoms with Crippen molar-refractivity contribution in [1.29, 1.82) is 0 Å². The highest BCUT2D eigenvalue weighted by atomic mass is 16.2. The summed E-state index contributed by atoms with van der Waals surface area (Å²) in [6, 6.07) is 5.87. The Morgan fingerprint density at radius 3 is 2.18 bits per heavy atom. The summed E-state index contributed by atoms with van der Waals surface area (Å²) >= 11 is 0. The van der Waals surface area contributed by atoms with Crippen molar-refractivity contribution in [1.82, 2.24) is 4.90 Å². The average molecular weight is 306 g/mol. The molecular weight excluding hydrogens is 288 g/mol. The molecule has 22 heavy (non-hydrogen) atoms. The molecule has 0 spiro atoms. The van der Waals surface area contributed by atoms with Crippen LogP contribution < -0.4 is 16.4 Å². The number of rotatable bonds is 5. The average Bonchev–Trinajstić information content (AvgIpc) is 2.49. The Bertz CT molecular complexity index is 571. The molecule has 1 aromatic rings.